The molecule has 2 aliphatic rings. The van der Waals surface area contributed by atoms with Crippen molar-refractivity contribution in [2.75, 3.05) is 19.6 Å². The number of hydrogen-bond acceptors (Lipinski definition) is 3. The van der Waals surface area contributed by atoms with E-state index < -0.39 is 0 Å². The molecule has 0 aromatic heterocycles. The highest BCUT2D eigenvalue weighted by Crippen LogP contribution is 2.23. The van der Waals surface area contributed by atoms with Crippen LogP contribution in [-0.4, -0.2) is 53.6 Å². The molecule has 0 bridgehead atoms. The van der Waals surface area contributed by atoms with Gasteiger partial charge in [0.05, 0.1) is 12.2 Å². The van der Waals surface area contributed by atoms with Gasteiger partial charge in [-0.1, -0.05) is 6.92 Å². The Balaban J connectivity index is 1.91. The lowest BCUT2D eigenvalue weighted by atomic mass is 10.1. The van der Waals surface area contributed by atoms with Gasteiger partial charge in [-0.05, 0) is 46.1 Å². The van der Waals surface area contributed by atoms with Crippen LogP contribution in [0.25, 0.3) is 0 Å². The second-order valence-electron chi connectivity index (χ2n) is 6.05. The minimum absolute atomic E-state index is 0.00226. The topological polar surface area (TPSA) is 35.6 Å². The van der Waals surface area contributed by atoms with E-state index in [0.29, 0.717) is 12.0 Å². The van der Waals surface area contributed by atoms with Crippen molar-refractivity contribution in [2.24, 2.45) is 5.92 Å². The highest BCUT2D eigenvalue weighted by Gasteiger charge is 2.37. The average molecular weight is 253 g/mol. The van der Waals surface area contributed by atoms with Crippen molar-refractivity contribution < 1.29 is 4.79 Å². The molecule has 0 aromatic rings. The van der Waals surface area contributed by atoms with Crippen LogP contribution in [0.15, 0.2) is 0 Å². The lowest BCUT2D eigenvalue weighted by Crippen LogP contribution is -2.40. The molecule has 0 aliphatic carbocycles. The van der Waals surface area contributed by atoms with E-state index in [1.807, 2.05) is 6.92 Å². The molecule has 3 unspecified atom stereocenters. The summed E-state index contributed by atoms with van der Waals surface area (Å²) in [4.78, 5) is 16.7. The Hall–Kier alpha value is -0.610. The number of rotatable bonds is 4. The van der Waals surface area contributed by atoms with E-state index in [1.54, 1.807) is 0 Å². The van der Waals surface area contributed by atoms with E-state index in [0.717, 1.165) is 19.5 Å². The van der Waals surface area contributed by atoms with Gasteiger partial charge in [-0.15, -0.1) is 0 Å². The first-order chi connectivity index (χ1) is 8.52. The summed E-state index contributed by atoms with van der Waals surface area (Å²) in [6.07, 6.45) is 2.48. The summed E-state index contributed by atoms with van der Waals surface area (Å²) in [7, 11) is 0. The molecule has 104 valence electrons. The third-order valence-corrected chi connectivity index (χ3v) is 4.36. The largest absolute Gasteiger partial charge is 0.325 e. The maximum atomic E-state index is 12.1. The fourth-order valence-corrected chi connectivity index (χ4v) is 3.17. The zero-order chi connectivity index (χ0) is 13.3. The molecule has 1 amide bonds. The first-order valence-corrected chi connectivity index (χ1v) is 7.33. The van der Waals surface area contributed by atoms with E-state index in [9.17, 15) is 4.79 Å². The van der Waals surface area contributed by atoms with E-state index >= 15 is 0 Å². The highest BCUT2D eigenvalue weighted by atomic mass is 16.2. The number of amides is 1. The summed E-state index contributed by atoms with van der Waals surface area (Å²) < 4.78 is 0. The summed E-state index contributed by atoms with van der Waals surface area (Å²) >= 11 is 0. The number of carbonyl (C=O) groups excluding carboxylic acids is 1. The standard InChI is InChI=1S/C14H27N3O/c1-5-13-15-11(4)14(18)17(13)9-12-6-7-16(8-12)10(2)3/h10-13,15H,5-9H2,1-4H3. The molecule has 0 saturated carbocycles. The summed E-state index contributed by atoms with van der Waals surface area (Å²) in [5.41, 5.74) is 0. The molecule has 0 aromatic carbocycles. The molecule has 0 radical (unpaired) electrons. The molecular weight excluding hydrogens is 226 g/mol. The average Bonchev–Trinajstić information content (AvgIpc) is 2.89. The van der Waals surface area contributed by atoms with E-state index in [1.165, 1.54) is 13.0 Å². The predicted molar refractivity (Wildman–Crippen MR) is 73.2 cm³/mol. The zero-order valence-corrected chi connectivity index (χ0v) is 12.1. The first kappa shape index (κ1) is 13.8. The van der Waals surface area contributed by atoms with Crippen LogP contribution in [0.2, 0.25) is 0 Å². The molecule has 2 saturated heterocycles. The molecule has 2 aliphatic heterocycles. The van der Waals surface area contributed by atoms with Crippen molar-refractivity contribution in [1.29, 1.82) is 0 Å². The summed E-state index contributed by atoms with van der Waals surface area (Å²) in [6.45, 7) is 11.9. The van der Waals surface area contributed by atoms with Gasteiger partial charge in [-0.3, -0.25) is 10.1 Å². The first-order valence-electron chi connectivity index (χ1n) is 7.33. The smallest absolute Gasteiger partial charge is 0.240 e. The number of hydrogen-bond donors (Lipinski definition) is 1. The molecule has 4 nitrogen and oxygen atoms in total. The van der Waals surface area contributed by atoms with Crippen LogP contribution in [0.1, 0.15) is 40.5 Å². The molecule has 18 heavy (non-hydrogen) atoms. The van der Waals surface area contributed by atoms with Crippen LogP contribution < -0.4 is 5.32 Å². The predicted octanol–water partition coefficient (Wildman–Crippen LogP) is 1.27. The van der Waals surface area contributed by atoms with E-state index in [4.69, 9.17) is 0 Å². The van der Waals surface area contributed by atoms with E-state index in [2.05, 4.69) is 35.9 Å². The maximum Gasteiger partial charge on any atom is 0.240 e. The Morgan fingerprint density at radius 3 is 2.72 bits per heavy atom. The minimum Gasteiger partial charge on any atom is -0.325 e. The van der Waals surface area contributed by atoms with Crippen molar-refractivity contribution in [3.8, 4) is 0 Å². The number of likely N-dealkylation sites (tertiary alicyclic amines) is 1. The summed E-state index contributed by atoms with van der Waals surface area (Å²) in [6, 6.07) is 0.626. The summed E-state index contributed by atoms with van der Waals surface area (Å²) in [5.74, 6) is 0.933. The molecule has 3 atom stereocenters. The third kappa shape index (κ3) is 2.69. The van der Waals surface area contributed by atoms with Gasteiger partial charge in [0, 0.05) is 19.1 Å². The van der Waals surface area contributed by atoms with Crippen LogP contribution in [-0.2, 0) is 4.79 Å². The highest BCUT2D eigenvalue weighted by molar-refractivity contribution is 5.83. The second-order valence-corrected chi connectivity index (χ2v) is 6.05. The Morgan fingerprint density at radius 1 is 1.44 bits per heavy atom. The monoisotopic (exact) mass is 253 g/mol. The van der Waals surface area contributed by atoms with Gasteiger partial charge in [0.1, 0.15) is 0 Å². The van der Waals surface area contributed by atoms with Crippen molar-refractivity contribution >= 4 is 5.91 Å². The van der Waals surface area contributed by atoms with Crippen molar-refractivity contribution in [2.45, 2.75) is 58.8 Å². The molecule has 0 spiro atoms. The lowest BCUT2D eigenvalue weighted by molar-refractivity contribution is -0.130. The molecule has 4 heteroatoms. The molecule has 2 rings (SSSR count). The maximum absolute atomic E-state index is 12.1. The van der Waals surface area contributed by atoms with Crippen LogP contribution in [0, 0.1) is 5.92 Å². The SMILES string of the molecule is CCC1NC(C)C(=O)N1CC1CCN(C(C)C)C1. The van der Waals surface area contributed by atoms with E-state index in [-0.39, 0.29) is 18.1 Å². The normalized spacial score (nSPS) is 33.9. The summed E-state index contributed by atoms with van der Waals surface area (Å²) in [5, 5.41) is 3.37. The molecule has 2 fully saturated rings. The second kappa shape index (κ2) is 5.57. The van der Waals surface area contributed by atoms with Crippen molar-refractivity contribution in [1.82, 2.24) is 15.1 Å². The number of nitrogens with one attached hydrogen (secondary N) is 1. The molecule has 2 heterocycles. The van der Waals surface area contributed by atoms with Gasteiger partial charge >= 0.3 is 0 Å². The van der Waals surface area contributed by atoms with Gasteiger partial charge in [0.25, 0.3) is 0 Å². The zero-order valence-electron chi connectivity index (χ0n) is 12.1. The van der Waals surface area contributed by atoms with Gasteiger partial charge < -0.3 is 9.80 Å². The minimum atomic E-state index is -0.00226. The van der Waals surface area contributed by atoms with Crippen LogP contribution in [0.5, 0.6) is 0 Å². The third-order valence-electron chi connectivity index (χ3n) is 4.36. The molecular formula is C14H27N3O. The Kier molecular flexibility index (Phi) is 4.28. The number of nitrogens with zero attached hydrogens (tertiary/aromatic N) is 2. The van der Waals surface area contributed by atoms with Crippen molar-refractivity contribution in [3.05, 3.63) is 0 Å². The van der Waals surface area contributed by atoms with Gasteiger partial charge in [0.15, 0.2) is 0 Å². The lowest BCUT2D eigenvalue weighted by Gasteiger charge is -2.27. The van der Waals surface area contributed by atoms with Gasteiger partial charge in [-0.25, -0.2) is 0 Å². The van der Waals surface area contributed by atoms with Gasteiger partial charge in [0.2, 0.25) is 5.91 Å². The van der Waals surface area contributed by atoms with Gasteiger partial charge in [-0.2, -0.15) is 0 Å². The fourth-order valence-electron chi connectivity index (χ4n) is 3.17. The Bertz CT molecular complexity index is 305. The quantitative estimate of drug-likeness (QED) is 0.819. The number of carbonyl (C=O) groups is 1. The molecule has 1 N–H and O–H groups in total. The van der Waals surface area contributed by atoms with Crippen LogP contribution in [0.4, 0.5) is 0 Å². The van der Waals surface area contributed by atoms with Crippen LogP contribution in [0.3, 0.4) is 0 Å². The van der Waals surface area contributed by atoms with Crippen molar-refractivity contribution in [3.63, 3.8) is 0 Å². The fraction of sp³-hybridized carbons (Fsp3) is 0.929. The van der Waals surface area contributed by atoms with Crippen LogP contribution >= 0.6 is 0 Å². The Labute approximate surface area is 111 Å². The Morgan fingerprint density at radius 2 is 2.17 bits per heavy atom.